The van der Waals surface area contributed by atoms with Crippen molar-refractivity contribution in [3.05, 3.63) is 29.3 Å². The van der Waals surface area contributed by atoms with Gasteiger partial charge in [0.2, 0.25) is 11.8 Å². The molecule has 1 heterocycles. The second-order valence-corrected chi connectivity index (χ2v) is 4.89. The summed E-state index contributed by atoms with van der Waals surface area (Å²) >= 11 is 0. The summed E-state index contributed by atoms with van der Waals surface area (Å²) in [5, 5.41) is 5.78. The van der Waals surface area contributed by atoms with Gasteiger partial charge in [-0.05, 0) is 36.5 Å². The van der Waals surface area contributed by atoms with Crippen molar-refractivity contribution >= 4 is 17.5 Å². The van der Waals surface area contributed by atoms with E-state index in [1.807, 2.05) is 19.1 Å². The highest BCUT2D eigenvalue weighted by atomic mass is 16.2. The molecule has 0 spiro atoms. The summed E-state index contributed by atoms with van der Waals surface area (Å²) in [5.74, 6) is 0.208. The Labute approximate surface area is 113 Å². The predicted octanol–water partition coefficient (Wildman–Crippen LogP) is 2.03. The Kier molecular flexibility index (Phi) is 4.55. The fraction of sp³-hybridized carbons (Fsp3) is 0.467. The molecule has 0 saturated heterocycles. The lowest BCUT2D eigenvalue weighted by Crippen LogP contribution is -2.25. The first kappa shape index (κ1) is 13.6. The highest BCUT2D eigenvalue weighted by Crippen LogP contribution is 2.23. The average molecular weight is 260 g/mol. The second kappa shape index (κ2) is 6.36. The Balaban J connectivity index is 1.88. The quantitative estimate of drug-likeness (QED) is 0.851. The number of hydrogen-bond donors (Lipinski definition) is 2. The van der Waals surface area contributed by atoms with Gasteiger partial charge in [-0.1, -0.05) is 19.1 Å². The highest BCUT2D eigenvalue weighted by molar-refractivity contribution is 5.93. The number of carbonyl (C=O) groups excluding carboxylic acids is 2. The molecule has 2 amide bonds. The maximum atomic E-state index is 11.3. The third-order valence-electron chi connectivity index (χ3n) is 3.28. The highest BCUT2D eigenvalue weighted by Gasteiger charge is 2.14. The first-order chi connectivity index (χ1) is 9.19. The lowest BCUT2D eigenvalue weighted by molar-refractivity contribution is -0.121. The molecule has 1 aliphatic rings. The summed E-state index contributed by atoms with van der Waals surface area (Å²) in [4.78, 5) is 22.6. The molecule has 0 saturated carbocycles. The van der Waals surface area contributed by atoms with Crippen molar-refractivity contribution < 1.29 is 9.59 Å². The second-order valence-electron chi connectivity index (χ2n) is 4.89. The standard InChI is InChI=1S/C15H20N2O2/c1-2-3-14(18)16-9-8-11-4-6-13-12(10-11)5-7-15(19)17-13/h4,6,10H,2-3,5,7-9H2,1H3,(H,16,18)(H,17,19). The van der Waals surface area contributed by atoms with Crippen molar-refractivity contribution in [2.45, 2.75) is 39.0 Å². The molecule has 0 radical (unpaired) electrons. The molecule has 0 atom stereocenters. The van der Waals surface area contributed by atoms with Crippen LogP contribution in [0.3, 0.4) is 0 Å². The van der Waals surface area contributed by atoms with Crippen LogP contribution in [0.2, 0.25) is 0 Å². The maximum Gasteiger partial charge on any atom is 0.224 e. The number of aryl methyl sites for hydroxylation is 1. The van der Waals surface area contributed by atoms with Crippen molar-refractivity contribution in [2.24, 2.45) is 0 Å². The van der Waals surface area contributed by atoms with E-state index in [1.54, 1.807) is 0 Å². The normalized spacial score (nSPS) is 13.6. The van der Waals surface area contributed by atoms with E-state index in [0.29, 0.717) is 19.4 Å². The smallest absolute Gasteiger partial charge is 0.224 e. The molecule has 4 nitrogen and oxygen atoms in total. The summed E-state index contributed by atoms with van der Waals surface area (Å²) in [7, 11) is 0. The van der Waals surface area contributed by atoms with Crippen molar-refractivity contribution in [3.63, 3.8) is 0 Å². The van der Waals surface area contributed by atoms with Crippen molar-refractivity contribution in [1.82, 2.24) is 5.32 Å². The minimum Gasteiger partial charge on any atom is -0.356 e. The molecule has 0 unspecified atom stereocenters. The maximum absolute atomic E-state index is 11.3. The van der Waals surface area contributed by atoms with Gasteiger partial charge in [-0.15, -0.1) is 0 Å². The SMILES string of the molecule is CCCC(=O)NCCc1ccc2c(c1)CCC(=O)N2. The number of carbonyl (C=O) groups is 2. The number of hydrogen-bond acceptors (Lipinski definition) is 2. The molecule has 2 N–H and O–H groups in total. The van der Waals surface area contributed by atoms with Crippen LogP contribution in [-0.2, 0) is 22.4 Å². The number of anilines is 1. The zero-order valence-corrected chi connectivity index (χ0v) is 11.3. The Morgan fingerprint density at radius 2 is 2.21 bits per heavy atom. The minimum atomic E-state index is 0.0899. The molecule has 0 aliphatic carbocycles. The lowest BCUT2D eigenvalue weighted by atomic mass is 9.99. The molecule has 19 heavy (non-hydrogen) atoms. The van der Waals surface area contributed by atoms with Gasteiger partial charge in [0.05, 0.1) is 0 Å². The molecule has 0 aromatic heterocycles. The Hall–Kier alpha value is -1.84. The monoisotopic (exact) mass is 260 g/mol. The van der Waals surface area contributed by atoms with Gasteiger partial charge in [0.15, 0.2) is 0 Å². The summed E-state index contributed by atoms with van der Waals surface area (Å²) in [5.41, 5.74) is 3.32. The van der Waals surface area contributed by atoms with Crippen LogP contribution >= 0.6 is 0 Å². The number of fused-ring (bicyclic) bond motifs is 1. The van der Waals surface area contributed by atoms with Gasteiger partial charge < -0.3 is 10.6 Å². The van der Waals surface area contributed by atoms with Crippen LogP contribution in [0.15, 0.2) is 18.2 Å². The van der Waals surface area contributed by atoms with Crippen LogP contribution in [0.25, 0.3) is 0 Å². The molecular weight excluding hydrogens is 240 g/mol. The van der Waals surface area contributed by atoms with Crippen molar-refractivity contribution in [1.29, 1.82) is 0 Å². The van der Waals surface area contributed by atoms with Crippen LogP contribution in [0.5, 0.6) is 0 Å². The van der Waals surface area contributed by atoms with Crippen LogP contribution in [0.4, 0.5) is 5.69 Å². The Morgan fingerprint density at radius 1 is 1.37 bits per heavy atom. The predicted molar refractivity (Wildman–Crippen MR) is 75.0 cm³/mol. The van der Waals surface area contributed by atoms with E-state index in [1.165, 1.54) is 11.1 Å². The van der Waals surface area contributed by atoms with Crippen molar-refractivity contribution in [3.8, 4) is 0 Å². The number of rotatable bonds is 5. The zero-order valence-electron chi connectivity index (χ0n) is 11.3. The van der Waals surface area contributed by atoms with Crippen LogP contribution < -0.4 is 10.6 Å². The van der Waals surface area contributed by atoms with Gasteiger partial charge in [0.25, 0.3) is 0 Å². The largest absolute Gasteiger partial charge is 0.356 e. The van der Waals surface area contributed by atoms with Crippen LogP contribution in [-0.4, -0.2) is 18.4 Å². The van der Waals surface area contributed by atoms with Gasteiger partial charge in [0.1, 0.15) is 0 Å². The summed E-state index contributed by atoms with van der Waals surface area (Å²) in [6, 6.07) is 6.09. The van der Waals surface area contributed by atoms with E-state index < -0.39 is 0 Å². The third-order valence-corrected chi connectivity index (χ3v) is 3.28. The molecule has 2 rings (SSSR count). The van der Waals surface area contributed by atoms with E-state index in [2.05, 4.69) is 16.7 Å². The van der Waals surface area contributed by atoms with E-state index in [9.17, 15) is 9.59 Å². The first-order valence-corrected chi connectivity index (χ1v) is 6.87. The van der Waals surface area contributed by atoms with E-state index in [0.717, 1.165) is 24.9 Å². The van der Waals surface area contributed by atoms with Gasteiger partial charge in [0, 0.05) is 25.1 Å². The number of benzene rings is 1. The molecule has 1 aromatic rings. The molecular formula is C15H20N2O2. The van der Waals surface area contributed by atoms with Gasteiger partial charge >= 0.3 is 0 Å². The van der Waals surface area contributed by atoms with E-state index in [4.69, 9.17) is 0 Å². The van der Waals surface area contributed by atoms with Crippen molar-refractivity contribution in [2.75, 3.05) is 11.9 Å². The summed E-state index contributed by atoms with van der Waals surface area (Å²) in [6.07, 6.45) is 3.66. The Bertz CT molecular complexity index is 483. The summed E-state index contributed by atoms with van der Waals surface area (Å²) < 4.78 is 0. The van der Waals surface area contributed by atoms with E-state index >= 15 is 0 Å². The topological polar surface area (TPSA) is 58.2 Å². The van der Waals surface area contributed by atoms with Crippen LogP contribution in [0.1, 0.15) is 37.3 Å². The summed E-state index contributed by atoms with van der Waals surface area (Å²) in [6.45, 7) is 2.67. The van der Waals surface area contributed by atoms with Gasteiger partial charge in [-0.2, -0.15) is 0 Å². The molecule has 0 fully saturated rings. The first-order valence-electron chi connectivity index (χ1n) is 6.87. The van der Waals surface area contributed by atoms with E-state index in [-0.39, 0.29) is 11.8 Å². The van der Waals surface area contributed by atoms with Gasteiger partial charge in [-0.3, -0.25) is 9.59 Å². The minimum absolute atomic E-state index is 0.0899. The van der Waals surface area contributed by atoms with Gasteiger partial charge in [-0.25, -0.2) is 0 Å². The number of amides is 2. The fourth-order valence-corrected chi connectivity index (χ4v) is 2.25. The van der Waals surface area contributed by atoms with Crippen LogP contribution in [0, 0.1) is 0 Å². The fourth-order valence-electron chi connectivity index (χ4n) is 2.25. The molecule has 1 aromatic carbocycles. The zero-order chi connectivity index (χ0) is 13.7. The molecule has 102 valence electrons. The Morgan fingerprint density at radius 3 is 3.00 bits per heavy atom. The third kappa shape index (κ3) is 3.81. The molecule has 0 bridgehead atoms. The molecule has 1 aliphatic heterocycles. The number of nitrogens with one attached hydrogen (secondary N) is 2. The average Bonchev–Trinajstić information content (AvgIpc) is 2.39. The molecule has 4 heteroatoms. The lowest BCUT2D eigenvalue weighted by Gasteiger charge is -2.17.